The average Bonchev–Trinajstić information content (AvgIpc) is 2.22. The quantitative estimate of drug-likeness (QED) is 0.739. The second kappa shape index (κ2) is 5.19. The van der Waals surface area contributed by atoms with Gasteiger partial charge in [0, 0.05) is 13.1 Å². The number of benzene rings is 1. The zero-order chi connectivity index (χ0) is 11.4. The van der Waals surface area contributed by atoms with Gasteiger partial charge in [-0.05, 0) is 31.0 Å². The molecule has 1 aliphatic heterocycles. The summed E-state index contributed by atoms with van der Waals surface area (Å²) in [6.07, 6.45) is 6.22. The van der Waals surface area contributed by atoms with Crippen molar-refractivity contribution < 1.29 is 4.39 Å². The number of anilines is 2. The highest BCUT2D eigenvalue weighted by Gasteiger charge is 2.12. The van der Waals surface area contributed by atoms with Crippen molar-refractivity contribution in [2.45, 2.75) is 32.1 Å². The largest absolute Gasteiger partial charge is 0.397 e. The van der Waals surface area contributed by atoms with Gasteiger partial charge >= 0.3 is 0 Å². The second-order valence-electron chi connectivity index (χ2n) is 4.46. The summed E-state index contributed by atoms with van der Waals surface area (Å²) in [6, 6.07) is 4.63. The van der Waals surface area contributed by atoms with Crippen LogP contribution in [0.1, 0.15) is 32.1 Å². The van der Waals surface area contributed by atoms with E-state index in [0.29, 0.717) is 5.69 Å². The predicted molar refractivity (Wildman–Crippen MR) is 66.1 cm³/mol. The minimum absolute atomic E-state index is 0.203. The van der Waals surface area contributed by atoms with E-state index in [0.717, 1.165) is 18.8 Å². The van der Waals surface area contributed by atoms with Gasteiger partial charge in [0.2, 0.25) is 0 Å². The summed E-state index contributed by atoms with van der Waals surface area (Å²) in [4.78, 5) is 2.22. The summed E-state index contributed by atoms with van der Waals surface area (Å²) in [5, 5.41) is 0. The molecule has 0 spiro atoms. The summed E-state index contributed by atoms with van der Waals surface area (Å²) in [5.41, 5.74) is 7.45. The van der Waals surface area contributed by atoms with E-state index in [1.165, 1.54) is 38.2 Å². The first-order valence-electron chi connectivity index (χ1n) is 6.07. The summed E-state index contributed by atoms with van der Waals surface area (Å²) in [6.45, 7) is 1.99. The number of nitrogens with zero attached hydrogens (tertiary/aromatic N) is 1. The topological polar surface area (TPSA) is 29.3 Å². The molecule has 0 aromatic heterocycles. The van der Waals surface area contributed by atoms with Gasteiger partial charge in [0.1, 0.15) is 5.82 Å². The normalized spacial score (nSPS) is 17.9. The monoisotopic (exact) mass is 222 g/mol. The molecule has 0 saturated carbocycles. The summed E-state index contributed by atoms with van der Waals surface area (Å²) in [5.74, 6) is -0.203. The third-order valence-electron chi connectivity index (χ3n) is 3.19. The Kier molecular flexibility index (Phi) is 3.65. The van der Waals surface area contributed by atoms with Crippen LogP contribution in [0.4, 0.5) is 15.8 Å². The third kappa shape index (κ3) is 2.65. The fraction of sp³-hybridized carbons (Fsp3) is 0.538. The first-order valence-corrected chi connectivity index (χ1v) is 6.07. The van der Waals surface area contributed by atoms with Crippen LogP contribution in [0, 0.1) is 5.82 Å². The van der Waals surface area contributed by atoms with Gasteiger partial charge < -0.3 is 10.6 Å². The smallest absolute Gasteiger partial charge is 0.125 e. The van der Waals surface area contributed by atoms with Gasteiger partial charge in [0.05, 0.1) is 11.4 Å². The molecule has 1 heterocycles. The van der Waals surface area contributed by atoms with E-state index in [-0.39, 0.29) is 5.82 Å². The molecule has 88 valence electrons. The summed E-state index contributed by atoms with van der Waals surface area (Å²) in [7, 11) is 0. The van der Waals surface area contributed by atoms with E-state index in [1.54, 1.807) is 12.1 Å². The third-order valence-corrected chi connectivity index (χ3v) is 3.19. The average molecular weight is 222 g/mol. The van der Waals surface area contributed by atoms with Crippen LogP contribution >= 0.6 is 0 Å². The molecule has 0 atom stereocenters. The zero-order valence-electron chi connectivity index (χ0n) is 9.58. The van der Waals surface area contributed by atoms with Gasteiger partial charge in [0.25, 0.3) is 0 Å². The van der Waals surface area contributed by atoms with Gasteiger partial charge in [-0.3, -0.25) is 0 Å². The highest BCUT2D eigenvalue weighted by Crippen LogP contribution is 2.26. The Bertz CT molecular complexity index is 344. The Morgan fingerprint density at radius 2 is 1.62 bits per heavy atom. The molecule has 1 aromatic rings. The number of nitrogen functional groups attached to an aromatic ring is 1. The lowest BCUT2D eigenvalue weighted by atomic mass is 10.1. The molecular formula is C13H19FN2. The molecule has 0 aliphatic carbocycles. The van der Waals surface area contributed by atoms with Crippen LogP contribution in [0.3, 0.4) is 0 Å². The van der Waals surface area contributed by atoms with E-state index in [9.17, 15) is 4.39 Å². The van der Waals surface area contributed by atoms with Gasteiger partial charge in [-0.1, -0.05) is 19.3 Å². The van der Waals surface area contributed by atoms with Gasteiger partial charge in [0.15, 0.2) is 0 Å². The highest BCUT2D eigenvalue weighted by atomic mass is 19.1. The Hall–Kier alpha value is -1.25. The van der Waals surface area contributed by atoms with Crippen molar-refractivity contribution >= 4 is 11.4 Å². The maximum atomic E-state index is 13.2. The van der Waals surface area contributed by atoms with Crippen LogP contribution in [-0.2, 0) is 0 Å². The molecule has 0 radical (unpaired) electrons. The molecule has 1 aromatic carbocycles. The van der Waals surface area contributed by atoms with E-state index in [2.05, 4.69) is 4.90 Å². The molecule has 2 N–H and O–H groups in total. The minimum Gasteiger partial charge on any atom is -0.397 e. The lowest BCUT2D eigenvalue weighted by Gasteiger charge is -2.28. The SMILES string of the molecule is Nc1ccc(F)cc1N1CCCCCCC1. The molecule has 1 aliphatic rings. The van der Waals surface area contributed by atoms with Crippen molar-refractivity contribution in [1.29, 1.82) is 0 Å². The van der Waals surface area contributed by atoms with Crippen LogP contribution in [0.25, 0.3) is 0 Å². The summed E-state index contributed by atoms with van der Waals surface area (Å²) < 4.78 is 13.2. The van der Waals surface area contributed by atoms with Crippen LogP contribution in [0.5, 0.6) is 0 Å². The van der Waals surface area contributed by atoms with Crippen molar-refractivity contribution in [3.05, 3.63) is 24.0 Å². The van der Waals surface area contributed by atoms with Gasteiger partial charge in [-0.2, -0.15) is 0 Å². The number of halogens is 1. The Morgan fingerprint density at radius 3 is 2.31 bits per heavy atom. The maximum Gasteiger partial charge on any atom is 0.125 e. The number of nitrogens with two attached hydrogens (primary N) is 1. The number of rotatable bonds is 1. The first kappa shape index (κ1) is 11.2. The molecule has 1 fully saturated rings. The maximum absolute atomic E-state index is 13.2. The molecular weight excluding hydrogens is 203 g/mol. The molecule has 1 saturated heterocycles. The molecule has 3 heteroatoms. The van der Waals surface area contributed by atoms with Crippen molar-refractivity contribution in [1.82, 2.24) is 0 Å². The van der Waals surface area contributed by atoms with E-state index >= 15 is 0 Å². The van der Waals surface area contributed by atoms with E-state index < -0.39 is 0 Å². The molecule has 0 bridgehead atoms. The second-order valence-corrected chi connectivity index (χ2v) is 4.46. The Morgan fingerprint density at radius 1 is 1.00 bits per heavy atom. The van der Waals surface area contributed by atoms with Crippen molar-refractivity contribution in [3.8, 4) is 0 Å². The standard InChI is InChI=1S/C13H19FN2/c14-11-6-7-12(15)13(10-11)16-8-4-2-1-3-5-9-16/h6-7,10H,1-5,8-9,15H2. The molecule has 0 unspecified atom stereocenters. The van der Waals surface area contributed by atoms with Crippen molar-refractivity contribution in [3.63, 3.8) is 0 Å². The lowest BCUT2D eigenvalue weighted by molar-refractivity contribution is 0.555. The molecule has 0 amide bonds. The Balaban J connectivity index is 2.16. The van der Waals surface area contributed by atoms with Crippen LogP contribution < -0.4 is 10.6 Å². The van der Waals surface area contributed by atoms with Gasteiger partial charge in [-0.15, -0.1) is 0 Å². The minimum atomic E-state index is -0.203. The fourth-order valence-corrected chi connectivity index (χ4v) is 2.28. The molecule has 16 heavy (non-hydrogen) atoms. The number of hydrogen-bond acceptors (Lipinski definition) is 2. The van der Waals surface area contributed by atoms with Crippen molar-refractivity contribution in [2.24, 2.45) is 0 Å². The van der Waals surface area contributed by atoms with Crippen LogP contribution in [0.2, 0.25) is 0 Å². The van der Waals surface area contributed by atoms with E-state index in [4.69, 9.17) is 5.73 Å². The van der Waals surface area contributed by atoms with Gasteiger partial charge in [-0.25, -0.2) is 4.39 Å². The number of hydrogen-bond donors (Lipinski definition) is 1. The Labute approximate surface area is 96.2 Å². The van der Waals surface area contributed by atoms with Crippen LogP contribution in [0.15, 0.2) is 18.2 Å². The lowest BCUT2D eigenvalue weighted by Crippen LogP contribution is -2.27. The predicted octanol–water partition coefficient (Wildman–Crippen LogP) is 3.18. The van der Waals surface area contributed by atoms with E-state index in [1.807, 2.05) is 0 Å². The van der Waals surface area contributed by atoms with Crippen molar-refractivity contribution in [2.75, 3.05) is 23.7 Å². The fourth-order valence-electron chi connectivity index (χ4n) is 2.28. The summed E-state index contributed by atoms with van der Waals surface area (Å²) >= 11 is 0. The zero-order valence-corrected chi connectivity index (χ0v) is 9.58. The molecule has 2 rings (SSSR count). The highest BCUT2D eigenvalue weighted by molar-refractivity contribution is 5.67. The first-order chi connectivity index (χ1) is 7.77. The van der Waals surface area contributed by atoms with Crippen LogP contribution in [-0.4, -0.2) is 13.1 Å². The molecule has 2 nitrogen and oxygen atoms in total.